The van der Waals surface area contributed by atoms with Crippen LogP contribution in [0.15, 0.2) is 0 Å². The van der Waals surface area contributed by atoms with Crippen LogP contribution in [0.2, 0.25) is 0 Å². The summed E-state index contributed by atoms with van der Waals surface area (Å²) in [6, 6.07) is 0. The third kappa shape index (κ3) is 2.82. The zero-order chi connectivity index (χ0) is 5.98. The molecule has 1 saturated heterocycles. The molecule has 2 N–H and O–H groups in total. The highest BCUT2D eigenvalue weighted by Crippen LogP contribution is 2.12. The van der Waals surface area contributed by atoms with Crippen LogP contribution in [0.4, 0.5) is 0 Å². The summed E-state index contributed by atoms with van der Waals surface area (Å²) in [5.74, 6) is 0.939. The minimum Gasteiger partial charge on any atom is -0.412 e. The SMILES string of the molecule is C[C@H]1CCCN(C)C1.O. The molecule has 0 saturated carbocycles. The van der Waals surface area contributed by atoms with Gasteiger partial charge in [-0.3, -0.25) is 0 Å². The Bertz CT molecular complexity index is 67.3. The molecule has 1 fully saturated rings. The van der Waals surface area contributed by atoms with Crippen molar-refractivity contribution >= 4 is 0 Å². The number of rotatable bonds is 0. The number of hydrogen-bond acceptors (Lipinski definition) is 1. The van der Waals surface area contributed by atoms with Crippen molar-refractivity contribution < 1.29 is 5.48 Å². The Labute approximate surface area is 57.2 Å². The lowest BCUT2D eigenvalue weighted by molar-refractivity contribution is 0.221. The molecule has 1 aliphatic heterocycles. The fourth-order valence-corrected chi connectivity index (χ4v) is 1.42. The Hall–Kier alpha value is -0.0800. The Morgan fingerprint density at radius 2 is 2.11 bits per heavy atom. The largest absolute Gasteiger partial charge is 0.412 e. The lowest BCUT2D eigenvalue weighted by atomic mass is 10.0. The van der Waals surface area contributed by atoms with E-state index >= 15 is 0 Å². The van der Waals surface area contributed by atoms with E-state index in [9.17, 15) is 0 Å². The third-order valence-electron chi connectivity index (χ3n) is 1.86. The molecule has 0 unspecified atom stereocenters. The number of piperidine rings is 1. The van der Waals surface area contributed by atoms with Gasteiger partial charge >= 0.3 is 0 Å². The first-order valence-corrected chi connectivity index (χ1v) is 3.47. The van der Waals surface area contributed by atoms with Gasteiger partial charge in [0, 0.05) is 6.54 Å². The van der Waals surface area contributed by atoms with E-state index in [4.69, 9.17) is 0 Å². The summed E-state index contributed by atoms with van der Waals surface area (Å²) in [6.45, 7) is 4.94. The Morgan fingerprint density at radius 1 is 1.44 bits per heavy atom. The van der Waals surface area contributed by atoms with Crippen LogP contribution in [0.1, 0.15) is 19.8 Å². The number of hydrogen-bond donors (Lipinski definition) is 0. The van der Waals surface area contributed by atoms with Gasteiger partial charge < -0.3 is 10.4 Å². The van der Waals surface area contributed by atoms with E-state index < -0.39 is 0 Å². The highest BCUT2D eigenvalue weighted by molar-refractivity contribution is 4.65. The molecule has 2 heteroatoms. The average Bonchev–Trinajstić information content (AvgIpc) is 1.64. The molecule has 0 amide bonds. The smallest absolute Gasteiger partial charge is 0.000398 e. The van der Waals surface area contributed by atoms with Crippen molar-refractivity contribution in [3.05, 3.63) is 0 Å². The molecule has 1 heterocycles. The molecule has 0 aromatic carbocycles. The van der Waals surface area contributed by atoms with E-state index in [1.165, 1.54) is 25.9 Å². The van der Waals surface area contributed by atoms with E-state index in [1.54, 1.807) is 0 Å². The van der Waals surface area contributed by atoms with Gasteiger partial charge in [-0.1, -0.05) is 6.92 Å². The van der Waals surface area contributed by atoms with Gasteiger partial charge in [0.15, 0.2) is 0 Å². The first-order chi connectivity index (χ1) is 3.79. The summed E-state index contributed by atoms with van der Waals surface area (Å²) in [5.41, 5.74) is 0. The Morgan fingerprint density at radius 3 is 2.44 bits per heavy atom. The molecule has 9 heavy (non-hydrogen) atoms. The maximum absolute atomic E-state index is 2.41. The summed E-state index contributed by atoms with van der Waals surface area (Å²) in [6.07, 6.45) is 2.84. The molecule has 2 nitrogen and oxygen atoms in total. The van der Waals surface area contributed by atoms with Crippen LogP contribution in [0, 0.1) is 5.92 Å². The topological polar surface area (TPSA) is 34.7 Å². The van der Waals surface area contributed by atoms with Gasteiger partial charge in [-0.15, -0.1) is 0 Å². The molecule has 1 atom stereocenters. The second-order valence-electron chi connectivity index (χ2n) is 3.01. The van der Waals surface area contributed by atoms with E-state index in [0.717, 1.165) is 5.92 Å². The van der Waals surface area contributed by atoms with E-state index in [-0.39, 0.29) is 5.48 Å². The predicted molar refractivity (Wildman–Crippen MR) is 39.5 cm³/mol. The molecule has 0 spiro atoms. The average molecular weight is 131 g/mol. The summed E-state index contributed by atoms with van der Waals surface area (Å²) in [5, 5.41) is 0. The van der Waals surface area contributed by atoms with Crippen molar-refractivity contribution in [2.45, 2.75) is 19.8 Å². The molecule has 1 rings (SSSR count). The maximum Gasteiger partial charge on any atom is 0.000398 e. The first-order valence-electron chi connectivity index (χ1n) is 3.47. The van der Waals surface area contributed by atoms with Crippen molar-refractivity contribution in [2.24, 2.45) is 5.92 Å². The van der Waals surface area contributed by atoms with Gasteiger partial charge in [-0.05, 0) is 32.4 Å². The molecule has 0 radical (unpaired) electrons. The van der Waals surface area contributed by atoms with Crippen LogP contribution in [0.25, 0.3) is 0 Å². The van der Waals surface area contributed by atoms with Gasteiger partial charge in [0.2, 0.25) is 0 Å². The Kier molecular flexibility index (Phi) is 3.82. The van der Waals surface area contributed by atoms with Gasteiger partial charge in [0.05, 0.1) is 0 Å². The highest BCUT2D eigenvalue weighted by Gasteiger charge is 2.11. The summed E-state index contributed by atoms with van der Waals surface area (Å²) in [4.78, 5) is 2.41. The highest BCUT2D eigenvalue weighted by atomic mass is 16.0. The minimum absolute atomic E-state index is 0. The monoisotopic (exact) mass is 131 g/mol. The van der Waals surface area contributed by atoms with Crippen LogP contribution in [0.3, 0.4) is 0 Å². The van der Waals surface area contributed by atoms with Gasteiger partial charge in [-0.2, -0.15) is 0 Å². The zero-order valence-electron chi connectivity index (χ0n) is 6.35. The first kappa shape index (κ1) is 8.92. The normalized spacial score (nSPS) is 29.3. The lowest BCUT2D eigenvalue weighted by Gasteiger charge is -2.26. The molecule has 56 valence electrons. The number of nitrogens with zero attached hydrogens (tertiary/aromatic N) is 1. The lowest BCUT2D eigenvalue weighted by Crippen LogP contribution is -2.30. The standard InChI is InChI=1S/C7H15N.H2O/c1-7-4-3-5-8(2)6-7;/h7H,3-6H2,1-2H3;1H2/t7-;/m0./s1. The van der Waals surface area contributed by atoms with Crippen molar-refractivity contribution in [3.63, 3.8) is 0 Å². The summed E-state index contributed by atoms with van der Waals surface area (Å²) >= 11 is 0. The molecule has 0 aliphatic carbocycles. The second-order valence-corrected chi connectivity index (χ2v) is 3.01. The zero-order valence-corrected chi connectivity index (χ0v) is 6.35. The number of likely N-dealkylation sites (tertiary alicyclic amines) is 1. The van der Waals surface area contributed by atoms with Crippen LogP contribution in [-0.2, 0) is 0 Å². The fourth-order valence-electron chi connectivity index (χ4n) is 1.42. The van der Waals surface area contributed by atoms with Crippen molar-refractivity contribution in [2.75, 3.05) is 20.1 Å². The van der Waals surface area contributed by atoms with Crippen molar-refractivity contribution in [1.82, 2.24) is 4.90 Å². The molecular weight excluding hydrogens is 114 g/mol. The molecule has 0 bridgehead atoms. The summed E-state index contributed by atoms with van der Waals surface area (Å²) in [7, 11) is 2.20. The quantitative estimate of drug-likeness (QED) is 0.472. The second kappa shape index (κ2) is 3.85. The summed E-state index contributed by atoms with van der Waals surface area (Å²) < 4.78 is 0. The predicted octanol–water partition coefficient (Wildman–Crippen LogP) is 0.523. The van der Waals surface area contributed by atoms with Crippen molar-refractivity contribution in [3.8, 4) is 0 Å². The van der Waals surface area contributed by atoms with E-state index in [0.29, 0.717) is 0 Å². The van der Waals surface area contributed by atoms with Gasteiger partial charge in [0.25, 0.3) is 0 Å². The molecule has 1 aliphatic rings. The van der Waals surface area contributed by atoms with Crippen molar-refractivity contribution in [1.29, 1.82) is 0 Å². The fraction of sp³-hybridized carbons (Fsp3) is 1.00. The van der Waals surface area contributed by atoms with E-state index in [1.807, 2.05) is 0 Å². The third-order valence-corrected chi connectivity index (χ3v) is 1.86. The molecule has 0 aromatic rings. The van der Waals surface area contributed by atoms with Crippen LogP contribution < -0.4 is 0 Å². The minimum atomic E-state index is 0. The Balaban J connectivity index is 0.000000640. The van der Waals surface area contributed by atoms with Crippen LogP contribution in [-0.4, -0.2) is 30.5 Å². The van der Waals surface area contributed by atoms with Gasteiger partial charge in [-0.25, -0.2) is 0 Å². The molecule has 0 aromatic heterocycles. The van der Waals surface area contributed by atoms with Crippen LogP contribution >= 0.6 is 0 Å². The van der Waals surface area contributed by atoms with E-state index in [2.05, 4.69) is 18.9 Å². The molecular formula is C7H17NO. The van der Waals surface area contributed by atoms with Gasteiger partial charge in [0.1, 0.15) is 0 Å². The maximum atomic E-state index is 2.41. The van der Waals surface area contributed by atoms with Crippen LogP contribution in [0.5, 0.6) is 0 Å².